The number of aryl methyl sites for hydroxylation is 8. The van der Waals surface area contributed by atoms with E-state index in [2.05, 4.69) is 13.8 Å². The maximum atomic E-state index is 12.4. The average molecular weight is 1470 g/mol. The Kier molecular flexibility index (Phi) is 26.8. The number of hydrogen-bond donors (Lipinski definition) is 0. The maximum absolute atomic E-state index is 12.4. The zero-order valence-corrected chi connectivity index (χ0v) is 62.1. The molecule has 24 heteroatoms. The van der Waals surface area contributed by atoms with E-state index in [1.54, 1.807) is 115 Å². The van der Waals surface area contributed by atoms with Crippen molar-refractivity contribution in [2.24, 2.45) is 0 Å². The van der Waals surface area contributed by atoms with Crippen LogP contribution in [-0.4, -0.2) is 0 Å². The van der Waals surface area contributed by atoms with Crippen molar-refractivity contribution in [2.75, 3.05) is 0 Å². The molecule has 0 aromatic heterocycles. The topological polar surface area (TPSA) is 213 Å². The van der Waals surface area contributed by atoms with Crippen molar-refractivity contribution >= 4 is 49.5 Å². The van der Waals surface area contributed by atoms with Gasteiger partial charge >= 0.3 is 49.5 Å². The summed E-state index contributed by atoms with van der Waals surface area (Å²) in [7, 11) is -14.3. The molecule has 0 aliphatic heterocycles. The fourth-order valence-corrected chi connectivity index (χ4v) is 14.2. The summed E-state index contributed by atoms with van der Waals surface area (Å²) in [5, 5.41) is 0. The van der Waals surface area contributed by atoms with Crippen LogP contribution in [0.2, 0.25) is 0 Å². The van der Waals surface area contributed by atoms with Gasteiger partial charge in [0.25, 0.3) is 0 Å². The Balaban J connectivity index is 0.000000177. The highest BCUT2D eigenvalue weighted by molar-refractivity contribution is 7.35. The molecule has 11 aromatic rings. The number of para-hydroxylation sites is 6. The summed E-state index contributed by atoms with van der Waals surface area (Å²) >= 11 is 0. The van der Waals surface area contributed by atoms with Gasteiger partial charge in [-0.15, -0.1) is 0 Å². The normalized spacial score (nSPS) is 11.6. The molecule has 0 spiro atoms. The molecule has 11 rings (SSSR count). The van der Waals surface area contributed by atoms with Gasteiger partial charge in [0.05, 0.1) is 0 Å². The van der Waals surface area contributed by atoms with Crippen molar-refractivity contribution < 1.29 is 81.7 Å². The zero-order valence-electron chi connectivity index (χ0n) is 56.8. The largest absolute Gasteiger partial charge is 0.805 e. The standard InChI is InChI=1S/C28H26O6P2.C27H24O6P2.C22H22O6P2/c1-19-7-5-8-20(2)27(19)33-35(29)31-25-15-11-23(12-16-25)24-13-17-26(18-14-24)32-36(30)34-28-21(3)9-6-10-22(28)4;1-27(2,21-13-17-25(18-14-21)32-34(28)30-23-9-5-3-6-10-23)22-15-19-26(20-16-22)33-35(29)31-24-11-7-4-8-12-24;1-15-8-5-9-16(2)21(15)27-29(23)25-19-12-7-13-20(14-19)26-30(24)28-22-17(3)10-6-11-18(22)4/h5-18H,1-4H3;3-20H,1-2H3;5-14H,1-4H3/q3*+2. The molecule has 0 fully saturated rings. The Morgan fingerprint density at radius 3 is 0.644 bits per heavy atom. The van der Waals surface area contributed by atoms with Gasteiger partial charge in [0.15, 0.2) is 69.0 Å². The molecule has 101 heavy (non-hydrogen) atoms. The van der Waals surface area contributed by atoms with Crippen molar-refractivity contribution in [1.29, 1.82) is 0 Å². The quantitative estimate of drug-likeness (QED) is 0.0438. The van der Waals surface area contributed by atoms with Gasteiger partial charge in [-0.2, -0.15) is 0 Å². The molecule has 0 radical (unpaired) electrons. The fraction of sp³-hybridized carbons (Fsp3) is 0.143. The Morgan fingerprint density at radius 2 is 0.396 bits per heavy atom. The molecule has 0 bridgehead atoms. The van der Waals surface area contributed by atoms with Crippen LogP contribution in [0, 0.1) is 55.4 Å². The molecule has 18 nitrogen and oxygen atoms in total. The summed E-state index contributed by atoms with van der Waals surface area (Å²) in [6.45, 7) is 19.2. The lowest BCUT2D eigenvalue weighted by Gasteiger charge is -2.26. The minimum atomic E-state index is -2.46. The van der Waals surface area contributed by atoms with E-state index < -0.39 is 49.5 Å². The third-order valence-electron chi connectivity index (χ3n) is 15.2. The van der Waals surface area contributed by atoms with Crippen LogP contribution in [0.3, 0.4) is 0 Å². The second kappa shape index (κ2) is 36.1. The highest BCUT2D eigenvalue weighted by atomic mass is 31.1. The molecule has 0 N–H and O–H groups in total. The Bertz CT molecular complexity index is 4340. The van der Waals surface area contributed by atoms with Crippen molar-refractivity contribution in [3.63, 3.8) is 0 Å². The van der Waals surface area contributed by atoms with E-state index in [9.17, 15) is 27.4 Å². The van der Waals surface area contributed by atoms with Crippen LogP contribution in [-0.2, 0) is 32.8 Å². The fourth-order valence-electron chi connectivity index (χ4n) is 9.87. The van der Waals surface area contributed by atoms with Gasteiger partial charge in [0, 0.05) is 38.9 Å². The molecule has 0 saturated heterocycles. The second-order valence-electron chi connectivity index (χ2n) is 23.1. The van der Waals surface area contributed by atoms with Crippen molar-refractivity contribution in [2.45, 2.75) is 74.7 Å². The van der Waals surface area contributed by atoms with Crippen LogP contribution in [0.5, 0.6) is 69.0 Å². The number of rotatable bonds is 27. The molecular formula is C77H72O18P6+6. The summed E-state index contributed by atoms with van der Waals surface area (Å²) in [5.74, 6) is 5.44. The van der Waals surface area contributed by atoms with E-state index in [0.717, 1.165) is 66.8 Å². The molecular weight excluding hydrogens is 1400 g/mol. The van der Waals surface area contributed by atoms with Crippen LogP contribution >= 0.6 is 49.5 Å². The van der Waals surface area contributed by atoms with E-state index in [1.807, 2.05) is 189 Å². The lowest BCUT2D eigenvalue weighted by Crippen LogP contribution is -2.18. The average Bonchev–Trinajstić information content (AvgIpc) is 0.811. The smallest absolute Gasteiger partial charge is 0.222 e. The molecule has 0 aliphatic carbocycles. The van der Waals surface area contributed by atoms with Gasteiger partial charge in [-0.25, -0.2) is 54.3 Å². The van der Waals surface area contributed by atoms with Gasteiger partial charge < -0.3 is 0 Å². The SMILES string of the molecule is CC(C)(c1ccc(O[P+](=O)Oc2ccccc2)cc1)c1ccc(O[P+](=O)Oc2ccccc2)cc1.Cc1cccc(C)c1O[P+](=O)Oc1ccc(-c2ccc(O[P+](=O)Oc3c(C)cccc3C)cc2)cc1.Cc1cccc(C)c1O[P+](=O)Oc1cccc(O[P+](=O)Oc2c(C)cccc2C)c1. The van der Waals surface area contributed by atoms with E-state index >= 15 is 0 Å². The van der Waals surface area contributed by atoms with Crippen molar-refractivity contribution in [3.8, 4) is 80.1 Å². The minimum Gasteiger partial charge on any atom is -0.222 e. The predicted octanol–water partition coefficient (Wildman–Crippen LogP) is 24.2. The first kappa shape index (κ1) is 74.8. The monoisotopic (exact) mass is 1470 g/mol. The molecule has 0 aliphatic rings. The van der Waals surface area contributed by atoms with E-state index in [-0.39, 0.29) is 16.9 Å². The third kappa shape index (κ3) is 22.3. The van der Waals surface area contributed by atoms with Gasteiger partial charge in [-0.05, 0) is 207 Å². The Hall–Kier alpha value is -10.4. The summed E-state index contributed by atoms with van der Waals surface area (Å²) in [4.78, 5) is 0. The predicted molar refractivity (Wildman–Crippen MR) is 393 cm³/mol. The van der Waals surface area contributed by atoms with Crippen LogP contribution in [0.1, 0.15) is 69.5 Å². The first-order valence-corrected chi connectivity index (χ1v) is 38.0. The van der Waals surface area contributed by atoms with Crippen LogP contribution in [0.4, 0.5) is 0 Å². The highest BCUT2D eigenvalue weighted by Crippen LogP contribution is 2.42. The molecule has 11 aromatic carbocycles. The first-order chi connectivity index (χ1) is 48.5. The lowest BCUT2D eigenvalue weighted by molar-refractivity contribution is 0.406. The van der Waals surface area contributed by atoms with Crippen LogP contribution in [0.15, 0.2) is 255 Å². The van der Waals surface area contributed by atoms with Gasteiger partial charge in [0.2, 0.25) is 0 Å². The number of benzene rings is 11. The van der Waals surface area contributed by atoms with E-state index in [1.165, 1.54) is 6.07 Å². The molecule has 0 saturated carbocycles. The zero-order chi connectivity index (χ0) is 72.0. The first-order valence-electron chi connectivity index (χ1n) is 31.4. The summed E-state index contributed by atoms with van der Waals surface area (Å²) in [5.41, 5.74) is 10.6. The molecule has 6 atom stereocenters. The van der Waals surface area contributed by atoms with E-state index in [0.29, 0.717) is 57.5 Å². The molecule has 0 heterocycles. The Labute approximate surface area is 593 Å². The molecule has 0 amide bonds. The maximum Gasteiger partial charge on any atom is 0.805 e. The second-order valence-corrected chi connectivity index (χ2v) is 28.0. The summed E-state index contributed by atoms with van der Waals surface area (Å²) in [6, 6.07) is 75.9. The van der Waals surface area contributed by atoms with E-state index in [4.69, 9.17) is 54.3 Å². The molecule has 6 unspecified atom stereocenters. The van der Waals surface area contributed by atoms with Gasteiger partial charge in [-0.3, -0.25) is 0 Å². The van der Waals surface area contributed by atoms with Crippen LogP contribution in [0.25, 0.3) is 11.1 Å². The van der Waals surface area contributed by atoms with Crippen molar-refractivity contribution in [3.05, 3.63) is 310 Å². The summed E-state index contributed by atoms with van der Waals surface area (Å²) < 4.78 is 139. The van der Waals surface area contributed by atoms with Crippen LogP contribution < -0.4 is 54.3 Å². The minimum absolute atomic E-state index is 0.260. The van der Waals surface area contributed by atoms with Crippen molar-refractivity contribution in [1.82, 2.24) is 0 Å². The third-order valence-corrected chi connectivity index (χ3v) is 19.4. The lowest BCUT2D eigenvalue weighted by atomic mass is 9.78. The highest BCUT2D eigenvalue weighted by Gasteiger charge is 2.33. The van der Waals surface area contributed by atoms with Gasteiger partial charge in [0.1, 0.15) is 0 Å². The summed E-state index contributed by atoms with van der Waals surface area (Å²) in [6.07, 6.45) is 0. The van der Waals surface area contributed by atoms with Gasteiger partial charge in [-0.1, -0.05) is 178 Å². The molecule has 512 valence electrons. The number of hydrogen-bond acceptors (Lipinski definition) is 18. The Morgan fingerprint density at radius 1 is 0.208 bits per heavy atom.